The van der Waals surface area contributed by atoms with Crippen LogP contribution in [0.3, 0.4) is 0 Å². The summed E-state index contributed by atoms with van der Waals surface area (Å²) >= 11 is 1.80. The summed E-state index contributed by atoms with van der Waals surface area (Å²) in [6.07, 6.45) is 4.96. The van der Waals surface area contributed by atoms with Crippen molar-refractivity contribution < 1.29 is 0 Å². The first kappa shape index (κ1) is 12.9. The molecule has 1 N–H and O–H groups in total. The van der Waals surface area contributed by atoms with Crippen LogP contribution in [0.1, 0.15) is 40.3 Å². The molecule has 0 saturated carbocycles. The van der Waals surface area contributed by atoms with Crippen molar-refractivity contribution in [2.75, 3.05) is 7.05 Å². The van der Waals surface area contributed by atoms with Gasteiger partial charge in [-0.2, -0.15) is 11.3 Å². The number of hydrogen-bond acceptors (Lipinski definition) is 2. The molecule has 1 unspecified atom stereocenters. The Hall–Kier alpha value is -1.12. The number of hydrogen-bond donors (Lipinski definition) is 1. The Balaban J connectivity index is 1.81. The third-order valence-corrected chi connectivity index (χ3v) is 5.10. The average Bonchev–Trinajstić information content (AvgIpc) is 3.04. The van der Waals surface area contributed by atoms with Gasteiger partial charge in [-0.25, -0.2) is 0 Å². The topological polar surface area (TPSA) is 12.0 Å². The molecule has 19 heavy (non-hydrogen) atoms. The van der Waals surface area contributed by atoms with Crippen LogP contribution in [0.15, 0.2) is 29.0 Å². The minimum absolute atomic E-state index is 0.436. The van der Waals surface area contributed by atoms with E-state index >= 15 is 0 Å². The summed E-state index contributed by atoms with van der Waals surface area (Å²) in [4.78, 5) is 0. The fourth-order valence-corrected chi connectivity index (χ4v) is 3.99. The Bertz CT molecular complexity index is 570. The normalized spacial score (nSPS) is 15.5. The summed E-state index contributed by atoms with van der Waals surface area (Å²) in [6, 6.07) is 7.51. The molecule has 1 nitrogen and oxygen atoms in total. The van der Waals surface area contributed by atoms with E-state index in [-0.39, 0.29) is 0 Å². The zero-order valence-corrected chi connectivity index (χ0v) is 12.5. The van der Waals surface area contributed by atoms with Gasteiger partial charge < -0.3 is 5.32 Å². The molecule has 1 heterocycles. The Morgan fingerprint density at radius 3 is 2.79 bits per heavy atom. The highest BCUT2D eigenvalue weighted by atomic mass is 32.1. The molecule has 3 rings (SSSR count). The van der Waals surface area contributed by atoms with E-state index in [0.29, 0.717) is 6.04 Å². The molecule has 1 atom stereocenters. The van der Waals surface area contributed by atoms with Crippen molar-refractivity contribution >= 4 is 11.3 Å². The summed E-state index contributed by atoms with van der Waals surface area (Å²) in [5, 5.41) is 7.99. The lowest BCUT2D eigenvalue weighted by molar-refractivity contribution is 0.591. The fourth-order valence-electron chi connectivity index (χ4n) is 3.08. The second-order valence-corrected chi connectivity index (χ2v) is 6.26. The van der Waals surface area contributed by atoms with Gasteiger partial charge in [-0.3, -0.25) is 0 Å². The third kappa shape index (κ3) is 2.60. The van der Waals surface area contributed by atoms with Crippen molar-refractivity contribution in [2.45, 2.75) is 38.6 Å². The quantitative estimate of drug-likeness (QED) is 0.884. The summed E-state index contributed by atoms with van der Waals surface area (Å²) in [5.74, 6) is 0. The Morgan fingerprint density at radius 2 is 2.05 bits per heavy atom. The van der Waals surface area contributed by atoms with Gasteiger partial charge in [0, 0.05) is 6.04 Å². The largest absolute Gasteiger partial charge is 0.313 e. The number of likely N-dealkylation sites (N-methyl/N-ethyl adjacent to an activating group) is 1. The summed E-state index contributed by atoms with van der Waals surface area (Å²) < 4.78 is 0. The maximum absolute atomic E-state index is 3.47. The smallest absolute Gasteiger partial charge is 0.0369 e. The van der Waals surface area contributed by atoms with E-state index in [2.05, 4.69) is 48.2 Å². The number of rotatable bonds is 4. The van der Waals surface area contributed by atoms with Gasteiger partial charge in [0.05, 0.1) is 0 Å². The molecule has 2 aromatic rings. The number of aryl methyl sites for hydroxylation is 3. The molecule has 0 spiro atoms. The van der Waals surface area contributed by atoms with Gasteiger partial charge in [-0.15, -0.1) is 0 Å². The standard InChI is InChI=1S/C17H21NS/c1-12-10-19-11-16(12)17(18-2)9-13-6-7-14-4-3-5-15(14)8-13/h6-8,10-11,17-18H,3-5,9H2,1-2H3. The van der Waals surface area contributed by atoms with E-state index < -0.39 is 0 Å². The molecule has 1 aromatic heterocycles. The van der Waals surface area contributed by atoms with Crippen LogP contribution < -0.4 is 5.32 Å². The Labute approximate surface area is 119 Å². The van der Waals surface area contributed by atoms with Crippen LogP contribution in [0.5, 0.6) is 0 Å². The highest BCUT2D eigenvalue weighted by Gasteiger charge is 2.15. The molecule has 0 bridgehead atoms. The lowest BCUT2D eigenvalue weighted by Crippen LogP contribution is -2.19. The van der Waals surface area contributed by atoms with Crippen LogP contribution in [0.25, 0.3) is 0 Å². The van der Waals surface area contributed by atoms with Crippen LogP contribution in [0.4, 0.5) is 0 Å². The predicted molar refractivity (Wildman–Crippen MR) is 83.0 cm³/mol. The van der Waals surface area contributed by atoms with Crippen molar-refractivity contribution in [3.63, 3.8) is 0 Å². The van der Waals surface area contributed by atoms with E-state index in [1.165, 1.54) is 36.0 Å². The van der Waals surface area contributed by atoms with Gasteiger partial charge in [-0.05, 0) is 78.2 Å². The zero-order chi connectivity index (χ0) is 13.2. The van der Waals surface area contributed by atoms with Gasteiger partial charge >= 0.3 is 0 Å². The maximum atomic E-state index is 3.47. The maximum Gasteiger partial charge on any atom is 0.0369 e. The Kier molecular flexibility index (Phi) is 3.72. The fraction of sp³-hybridized carbons (Fsp3) is 0.412. The number of thiophene rings is 1. The molecule has 1 aliphatic rings. The van der Waals surface area contributed by atoms with Crippen LogP contribution in [-0.2, 0) is 19.3 Å². The highest BCUT2D eigenvalue weighted by Crippen LogP contribution is 2.27. The van der Waals surface area contributed by atoms with Gasteiger partial charge in [0.25, 0.3) is 0 Å². The lowest BCUT2D eigenvalue weighted by Gasteiger charge is -2.17. The molecule has 0 aliphatic heterocycles. The lowest BCUT2D eigenvalue weighted by atomic mass is 9.96. The monoisotopic (exact) mass is 271 g/mol. The van der Waals surface area contributed by atoms with E-state index in [1.807, 2.05) is 0 Å². The van der Waals surface area contributed by atoms with E-state index in [0.717, 1.165) is 6.42 Å². The molecule has 100 valence electrons. The van der Waals surface area contributed by atoms with Gasteiger partial charge in [0.15, 0.2) is 0 Å². The van der Waals surface area contributed by atoms with Crippen molar-refractivity contribution in [2.24, 2.45) is 0 Å². The zero-order valence-electron chi connectivity index (χ0n) is 11.7. The SMILES string of the molecule is CNC(Cc1ccc2c(c1)CCC2)c1cscc1C. The van der Waals surface area contributed by atoms with Gasteiger partial charge in [0.1, 0.15) is 0 Å². The van der Waals surface area contributed by atoms with Gasteiger partial charge in [0.2, 0.25) is 0 Å². The molecule has 0 fully saturated rings. The highest BCUT2D eigenvalue weighted by molar-refractivity contribution is 7.08. The molecule has 0 radical (unpaired) electrons. The van der Waals surface area contributed by atoms with E-state index in [1.54, 1.807) is 22.5 Å². The summed E-state index contributed by atoms with van der Waals surface area (Å²) in [5.41, 5.74) is 7.47. The first-order chi connectivity index (χ1) is 9.28. The number of nitrogens with one attached hydrogen (secondary N) is 1. The third-order valence-electron chi connectivity index (χ3n) is 4.22. The molecule has 1 aliphatic carbocycles. The number of benzene rings is 1. The molecule has 0 saturated heterocycles. The molecular formula is C17H21NS. The molecular weight excluding hydrogens is 250 g/mol. The van der Waals surface area contributed by atoms with E-state index in [9.17, 15) is 0 Å². The minimum Gasteiger partial charge on any atom is -0.313 e. The summed E-state index contributed by atoms with van der Waals surface area (Å²) in [7, 11) is 2.06. The first-order valence-corrected chi connectivity index (χ1v) is 8.03. The molecule has 1 aromatic carbocycles. The summed E-state index contributed by atoms with van der Waals surface area (Å²) in [6.45, 7) is 2.21. The van der Waals surface area contributed by atoms with Crippen LogP contribution in [0.2, 0.25) is 0 Å². The van der Waals surface area contributed by atoms with Crippen molar-refractivity contribution in [3.05, 3.63) is 56.8 Å². The first-order valence-electron chi connectivity index (χ1n) is 7.08. The number of fused-ring (bicyclic) bond motifs is 1. The van der Waals surface area contributed by atoms with Crippen LogP contribution in [0, 0.1) is 6.92 Å². The second kappa shape index (κ2) is 5.48. The van der Waals surface area contributed by atoms with Crippen LogP contribution in [-0.4, -0.2) is 7.05 Å². The van der Waals surface area contributed by atoms with Crippen LogP contribution >= 0.6 is 11.3 Å². The van der Waals surface area contributed by atoms with Crippen molar-refractivity contribution in [1.29, 1.82) is 0 Å². The Morgan fingerprint density at radius 1 is 1.21 bits per heavy atom. The van der Waals surface area contributed by atoms with Gasteiger partial charge in [-0.1, -0.05) is 18.2 Å². The predicted octanol–water partition coefficient (Wildman–Crippen LogP) is 4.05. The molecule has 0 amide bonds. The van der Waals surface area contributed by atoms with Crippen molar-refractivity contribution in [3.8, 4) is 0 Å². The second-order valence-electron chi connectivity index (χ2n) is 5.51. The minimum atomic E-state index is 0.436. The average molecular weight is 271 g/mol. The van der Waals surface area contributed by atoms with E-state index in [4.69, 9.17) is 0 Å². The van der Waals surface area contributed by atoms with Crippen molar-refractivity contribution in [1.82, 2.24) is 5.32 Å². The molecule has 2 heteroatoms.